The summed E-state index contributed by atoms with van der Waals surface area (Å²) in [6, 6.07) is 5.95. The molecule has 0 aliphatic heterocycles. The highest BCUT2D eigenvalue weighted by molar-refractivity contribution is 9.09. The van der Waals surface area contributed by atoms with Crippen molar-refractivity contribution in [3.05, 3.63) is 39.9 Å². The monoisotopic (exact) mass is 243 g/mol. The number of nitro groups is 1. The molecule has 0 spiro atoms. The van der Waals surface area contributed by atoms with Gasteiger partial charge in [0.1, 0.15) is 6.29 Å². The molecule has 68 valence electrons. The summed E-state index contributed by atoms with van der Waals surface area (Å²) in [5.41, 5.74) is 0.577. The van der Waals surface area contributed by atoms with Crippen molar-refractivity contribution < 1.29 is 9.72 Å². The molecule has 1 unspecified atom stereocenters. The Kier molecular flexibility index (Phi) is 3.13. The van der Waals surface area contributed by atoms with Crippen LogP contribution in [0, 0.1) is 10.1 Å². The third-order valence-electron chi connectivity index (χ3n) is 1.52. The molecule has 1 atom stereocenters. The Balaban J connectivity index is 3.04. The summed E-state index contributed by atoms with van der Waals surface area (Å²) >= 11 is 3.08. The van der Waals surface area contributed by atoms with E-state index in [2.05, 4.69) is 15.9 Å². The van der Waals surface area contributed by atoms with E-state index < -0.39 is 9.75 Å². The van der Waals surface area contributed by atoms with Gasteiger partial charge in [0.05, 0.1) is 9.75 Å². The average molecular weight is 244 g/mol. The van der Waals surface area contributed by atoms with E-state index in [1.165, 1.54) is 12.1 Å². The van der Waals surface area contributed by atoms with Gasteiger partial charge in [-0.1, -0.05) is 28.1 Å². The van der Waals surface area contributed by atoms with Crippen LogP contribution in [0.15, 0.2) is 24.3 Å². The van der Waals surface area contributed by atoms with Crippen molar-refractivity contribution >= 4 is 27.9 Å². The lowest BCUT2D eigenvalue weighted by molar-refractivity contribution is -0.384. The number of carbonyl (C=O) groups is 1. The van der Waals surface area contributed by atoms with Gasteiger partial charge in [0.25, 0.3) is 5.69 Å². The summed E-state index contributed by atoms with van der Waals surface area (Å²) in [5.74, 6) is 0. The average Bonchev–Trinajstić information content (AvgIpc) is 2.17. The van der Waals surface area contributed by atoms with E-state index >= 15 is 0 Å². The van der Waals surface area contributed by atoms with Crippen LogP contribution in [0.2, 0.25) is 0 Å². The molecule has 0 N–H and O–H groups in total. The van der Waals surface area contributed by atoms with E-state index in [0.29, 0.717) is 11.8 Å². The Morgan fingerprint density at radius 1 is 1.54 bits per heavy atom. The van der Waals surface area contributed by atoms with Crippen LogP contribution in [-0.4, -0.2) is 11.2 Å². The summed E-state index contributed by atoms with van der Waals surface area (Å²) in [6.07, 6.45) is 0.680. The van der Waals surface area contributed by atoms with E-state index in [0.717, 1.165) is 0 Å². The van der Waals surface area contributed by atoms with Gasteiger partial charge < -0.3 is 4.79 Å². The van der Waals surface area contributed by atoms with Gasteiger partial charge in [-0.05, 0) is 5.56 Å². The van der Waals surface area contributed by atoms with Gasteiger partial charge >= 0.3 is 0 Å². The molecule has 4 nitrogen and oxygen atoms in total. The number of benzene rings is 1. The summed E-state index contributed by atoms with van der Waals surface area (Å²) in [5, 5.41) is 10.4. The van der Waals surface area contributed by atoms with E-state index in [4.69, 9.17) is 0 Å². The first-order valence-corrected chi connectivity index (χ1v) is 4.40. The molecule has 0 radical (unpaired) electrons. The second-order valence-electron chi connectivity index (χ2n) is 2.39. The Bertz CT molecular complexity index is 340. The van der Waals surface area contributed by atoms with Crippen molar-refractivity contribution in [3.63, 3.8) is 0 Å². The minimum atomic E-state index is -0.492. The van der Waals surface area contributed by atoms with Gasteiger partial charge in [0.15, 0.2) is 0 Å². The SMILES string of the molecule is O=CC(Br)c1cccc([N+](=O)[O-])c1. The van der Waals surface area contributed by atoms with Gasteiger partial charge in [-0.3, -0.25) is 10.1 Å². The van der Waals surface area contributed by atoms with Crippen molar-refractivity contribution in [2.45, 2.75) is 4.83 Å². The van der Waals surface area contributed by atoms with Crippen molar-refractivity contribution in [3.8, 4) is 0 Å². The summed E-state index contributed by atoms with van der Waals surface area (Å²) < 4.78 is 0. The Hall–Kier alpha value is -1.23. The Labute approximate surface area is 82.8 Å². The molecule has 1 rings (SSSR count). The standard InChI is InChI=1S/C8H6BrNO3/c9-8(5-11)6-2-1-3-7(4-6)10(12)13/h1-5,8H. The highest BCUT2D eigenvalue weighted by Gasteiger charge is 2.10. The Morgan fingerprint density at radius 2 is 2.23 bits per heavy atom. The second kappa shape index (κ2) is 4.13. The van der Waals surface area contributed by atoms with E-state index in [1.54, 1.807) is 12.1 Å². The normalized spacial score (nSPS) is 12.1. The van der Waals surface area contributed by atoms with Crippen molar-refractivity contribution in [1.82, 2.24) is 0 Å². The lowest BCUT2D eigenvalue weighted by Gasteiger charge is -2.00. The van der Waals surface area contributed by atoms with Crippen molar-refractivity contribution in [2.75, 3.05) is 0 Å². The third-order valence-corrected chi connectivity index (χ3v) is 2.26. The quantitative estimate of drug-likeness (QED) is 0.354. The lowest BCUT2D eigenvalue weighted by Crippen LogP contribution is -1.93. The molecular formula is C8H6BrNO3. The number of carbonyl (C=O) groups excluding carboxylic acids is 1. The van der Waals surface area contributed by atoms with Crippen LogP contribution in [-0.2, 0) is 4.79 Å². The van der Waals surface area contributed by atoms with Crippen LogP contribution in [0.5, 0.6) is 0 Å². The highest BCUT2D eigenvalue weighted by Crippen LogP contribution is 2.23. The number of hydrogen-bond acceptors (Lipinski definition) is 3. The molecule has 0 aliphatic carbocycles. The zero-order valence-electron chi connectivity index (χ0n) is 6.51. The first-order valence-electron chi connectivity index (χ1n) is 3.49. The number of halogens is 1. The summed E-state index contributed by atoms with van der Waals surface area (Å²) in [6.45, 7) is 0. The highest BCUT2D eigenvalue weighted by atomic mass is 79.9. The third kappa shape index (κ3) is 2.35. The van der Waals surface area contributed by atoms with Crippen molar-refractivity contribution in [2.24, 2.45) is 0 Å². The fourth-order valence-electron chi connectivity index (χ4n) is 0.888. The van der Waals surface area contributed by atoms with Crippen LogP contribution in [0.4, 0.5) is 5.69 Å². The Morgan fingerprint density at radius 3 is 2.77 bits per heavy atom. The number of alkyl halides is 1. The number of rotatable bonds is 3. The molecule has 1 aromatic rings. The maximum Gasteiger partial charge on any atom is 0.269 e. The number of non-ortho nitro benzene ring substituents is 1. The molecule has 0 aromatic heterocycles. The fourth-order valence-corrected chi connectivity index (χ4v) is 1.17. The van der Waals surface area contributed by atoms with Crippen molar-refractivity contribution in [1.29, 1.82) is 0 Å². The zero-order valence-corrected chi connectivity index (χ0v) is 8.10. The second-order valence-corrected chi connectivity index (χ2v) is 3.38. The molecule has 0 saturated heterocycles. The van der Waals surface area contributed by atoms with Gasteiger partial charge in [-0.15, -0.1) is 0 Å². The molecule has 0 fully saturated rings. The van der Waals surface area contributed by atoms with E-state index in [9.17, 15) is 14.9 Å². The number of aldehydes is 1. The maximum atomic E-state index is 10.4. The number of nitrogens with zero attached hydrogens (tertiary/aromatic N) is 1. The molecule has 0 saturated carbocycles. The van der Waals surface area contributed by atoms with E-state index in [-0.39, 0.29) is 5.69 Å². The zero-order chi connectivity index (χ0) is 9.84. The van der Waals surface area contributed by atoms with Crippen LogP contribution in [0.1, 0.15) is 10.4 Å². The lowest BCUT2D eigenvalue weighted by atomic mass is 10.1. The molecule has 0 aliphatic rings. The van der Waals surface area contributed by atoms with Gasteiger partial charge in [-0.2, -0.15) is 0 Å². The first-order chi connectivity index (χ1) is 6.15. The van der Waals surface area contributed by atoms with Gasteiger partial charge in [0.2, 0.25) is 0 Å². The summed E-state index contributed by atoms with van der Waals surface area (Å²) in [7, 11) is 0. The minimum absolute atomic E-state index is 0.0104. The molecular weight excluding hydrogens is 238 g/mol. The fraction of sp³-hybridized carbons (Fsp3) is 0.125. The smallest absolute Gasteiger partial charge is 0.269 e. The first kappa shape index (κ1) is 9.85. The molecule has 0 amide bonds. The predicted octanol–water partition coefficient (Wildman–Crippen LogP) is 2.23. The maximum absolute atomic E-state index is 10.4. The van der Waals surface area contributed by atoms with Gasteiger partial charge in [-0.25, -0.2) is 0 Å². The van der Waals surface area contributed by atoms with Crippen LogP contribution < -0.4 is 0 Å². The van der Waals surface area contributed by atoms with Gasteiger partial charge in [0, 0.05) is 12.1 Å². The van der Waals surface area contributed by atoms with Crippen LogP contribution in [0.3, 0.4) is 0 Å². The van der Waals surface area contributed by atoms with Crippen LogP contribution >= 0.6 is 15.9 Å². The molecule has 0 heterocycles. The predicted molar refractivity (Wildman–Crippen MR) is 50.8 cm³/mol. The summed E-state index contributed by atoms with van der Waals surface area (Å²) in [4.78, 5) is 19.8. The largest absolute Gasteiger partial charge is 0.302 e. The number of nitro benzene ring substituents is 1. The molecule has 5 heteroatoms. The molecule has 13 heavy (non-hydrogen) atoms. The molecule has 0 bridgehead atoms. The van der Waals surface area contributed by atoms with Crippen LogP contribution in [0.25, 0.3) is 0 Å². The topological polar surface area (TPSA) is 60.2 Å². The molecule has 1 aromatic carbocycles. The minimum Gasteiger partial charge on any atom is -0.302 e. The van der Waals surface area contributed by atoms with E-state index in [1.807, 2.05) is 0 Å². The number of hydrogen-bond donors (Lipinski definition) is 0.